The molecule has 0 aromatic heterocycles. The number of halogens is 2. The number of allylic oxidation sites excluding steroid dienone is 1. The number of rotatable bonds is 13. The van der Waals surface area contributed by atoms with Gasteiger partial charge >= 0.3 is 0 Å². The summed E-state index contributed by atoms with van der Waals surface area (Å²) in [5.74, 6) is 0.128. The average Bonchev–Trinajstić information content (AvgIpc) is 2.89. The molecule has 2 N–H and O–H groups in total. The summed E-state index contributed by atoms with van der Waals surface area (Å²) in [4.78, 5) is 24.6. The molecule has 0 saturated carbocycles. The molecule has 0 heterocycles. The predicted molar refractivity (Wildman–Crippen MR) is 157 cm³/mol. The Morgan fingerprint density at radius 3 is 2.49 bits per heavy atom. The molecule has 3 aromatic rings. The van der Waals surface area contributed by atoms with E-state index >= 15 is 0 Å². The summed E-state index contributed by atoms with van der Waals surface area (Å²) in [5.41, 5.74) is 6.37. The number of hydrogen-bond donors (Lipinski definition) is 2. The number of amides is 2. The number of hydrogen-bond acceptors (Lipinski definition) is 5. The highest BCUT2D eigenvalue weighted by Crippen LogP contribution is 2.35. The summed E-state index contributed by atoms with van der Waals surface area (Å²) in [6, 6.07) is 16.3. The van der Waals surface area contributed by atoms with E-state index < -0.39 is 11.8 Å². The maximum Gasteiger partial charge on any atom is 0.249 e. The largest absolute Gasteiger partial charge is 0.490 e. The molecular formula is C30H31Cl2N3O4. The number of benzene rings is 3. The van der Waals surface area contributed by atoms with Gasteiger partial charge in [0.25, 0.3) is 0 Å². The highest BCUT2D eigenvalue weighted by molar-refractivity contribution is 6.35. The van der Waals surface area contributed by atoms with Gasteiger partial charge in [0.15, 0.2) is 11.5 Å². The van der Waals surface area contributed by atoms with Gasteiger partial charge in [-0.05, 0) is 61.2 Å². The fraction of sp³-hybridized carbons (Fsp3) is 0.233. The Morgan fingerprint density at radius 1 is 0.974 bits per heavy atom. The zero-order valence-electron chi connectivity index (χ0n) is 21.9. The fourth-order valence-electron chi connectivity index (χ4n) is 3.79. The van der Waals surface area contributed by atoms with Gasteiger partial charge in [-0.3, -0.25) is 9.59 Å². The molecule has 0 aliphatic carbocycles. The van der Waals surface area contributed by atoms with Crippen molar-refractivity contribution >= 4 is 46.9 Å². The lowest BCUT2D eigenvalue weighted by atomic mass is 10.1. The molecule has 0 spiro atoms. The van der Waals surface area contributed by atoms with E-state index in [0.29, 0.717) is 45.8 Å². The smallest absolute Gasteiger partial charge is 0.249 e. The first-order chi connectivity index (χ1) is 18.8. The van der Waals surface area contributed by atoms with E-state index in [1.807, 2.05) is 44.2 Å². The van der Waals surface area contributed by atoms with Gasteiger partial charge in [-0.15, -0.1) is 6.58 Å². The third kappa shape index (κ3) is 8.87. The van der Waals surface area contributed by atoms with Crippen LogP contribution < -0.4 is 20.2 Å². The van der Waals surface area contributed by atoms with Crippen molar-refractivity contribution in [2.24, 2.45) is 5.10 Å². The van der Waals surface area contributed by atoms with Crippen LogP contribution in [0.25, 0.3) is 0 Å². The van der Waals surface area contributed by atoms with E-state index in [1.165, 1.54) is 6.21 Å². The monoisotopic (exact) mass is 567 g/mol. The maximum absolute atomic E-state index is 12.3. The molecule has 0 unspecified atom stereocenters. The van der Waals surface area contributed by atoms with Gasteiger partial charge < -0.3 is 14.8 Å². The molecule has 0 saturated heterocycles. The molecule has 0 aliphatic rings. The number of ether oxygens (including phenoxy) is 2. The van der Waals surface area contributed by atoms with Gasteiger partial charge in [0, 0.05) is 26.9 Å². The molecule has 0 atom stereocenters. The number of anilines is 1. The molecule has 0 radical (unpaired) electrons. The Balaban J connectivity index is 1.69. The number of nitrogens with one attached hydrogen (secondary N) is 2. The van der Waals surface area contributed by atoms with Crippen LogP contribution in [0.5, 0.6) is 11.5 Å². The summed E-state index contributed by atoms with van der Waals surface area (Å²) < 4.78 is 12.0. The Labute approximate surface area is 238 Å². The second-order valence-electron chi connectivity index (χ2n) is 8.49. The van der Waals surface area contributed by atoms with Crippen LogP contribution in [0.3, 0.4) is 0 Å². The van der Waals surface area contributed by atoms with Gasteiger partial charge in [0.1, 0.15) is 13.0 Å². The van der Waals surface area contributed by atoms with E-state index in [2.05, 4.69) is 22.4 Å². The molecule has 3 aromatic carbocycles. The molecule has 3 rings (SSSR count). The molecule has 9 heteroatoms. The number of carbonyl (C=O) groups is 2. The molecule has 39 heavy (non-hydrogen) atoms. The Bertz CT molecular complexity index is 1360. The first-order valence-electron chi connectivity index (χ1n) is 12.5. The number of carbonyl (C=O) groups excluding carboxylic acids is 2. The van der Waals surface area contributed by atoms with Crippen molar-refractivity contribution in [3.63, 3.8) is 0 Å². The zero-order chi connectivity index (χ0) is 28.2. The summed E-state index contributed by atoms with van der Waals surface area (Å²) in [7, 11) is 0. The lowest BCUT2D eigenvalue weighted by Crippen LogP contribution is -2.25. The minimum absolute atomic E-state index is 0.217. The highest BCUT2D eigenvalue weighted by atomic mass is 35.5. The summed E-state index contributed by atoms with van der Waals surface area (Å²) in [6.07, 6.45) is 4.16. The van der Waals surface area contributed by atoms with Gasteiger partial charge in [0.2, 0.25) is 11.8 Å². The van der Waals surface area contributed by atoms with E-state index in [1.54, 1.807) is 30.3 Å². The quantitative estimate of drug-likeness (QED) is 0.103. The van der Waals surface area contributed by atoms with Crippen LogP contribution in [0.2, 0.25) is 10.0 Å². The van der Waals surface area contributed by atoms with E-state index in [9.17, 15) is 9.59 Å². The Morgan fingerprint density at radius 2 is 1.77 bits per heavy atom. The van der Waals surface area contributed by atoms with Gasteiger partial charge in [-0.25, -0.2) is 5.43 Å². The van der Waals surface area contributed by atoms with E-state index in [-0.39, 0.29) is 13.0 Å². The van der Waals surface area contributed by atoms with Crippen molar-refractivity contribution in [3.05, 3.63) is 99.6 Å². The van der Waals surface area contributed by atoms with Crippen molar-refractivity contribution in [1.82, 2.24) is 5.43 Å². The normalized spacial score (nSPS) is 10.8. The highest BCUT2D eigenvalue weighted by Gasteiger charge is 2.15. The molecular weight excluding hydrogens is 537 g/mol. The number of hydrazone groups is 1. The number of para-hydroxylation sites is 1. The van der Waals surface area contributed by atoms with E-state index in [0.717, 1.165) is 23.1 Å². The van der Waals surface area contributed by atoms with Crippen molar-refractivity contribution in [2.75, 3.05) is 11.9 Å². The standard InChI is InChI=1S/C30H31Cl2N3O4/c1-4-9-22-14-20(15-27(38-6-3)30(22)39-19-23-12-13-24(31)16-25(23)32)18-33-35-29(37)17-28(36)34-26-11-8-7-10-21(26)5-2/h4,7-8,10-16,18H,1,5-6,9,17,19H2,2-3H3,(H,34,36)(H,35,37). The van der Waals surface area contributed by atoms with Gasteiger partial charge in [0.05, 0.1) is 12.8 Å². The van der Waals surface area contributed by atoms with Crippen LogP contribution in [0.4, 0.5) is 5.69 Å². The summed E-state index contributed by atoms with van der Waals surface area (Å²) in [5, 5.41) is 7.85. The molecule has 0 fully saturated rings. The lowest BCUT2D eigenvalue weighted by molar-refractivity contribution is -0.126. The minimum Gasteiger partial charge on any atom is -0.490 e. The minimum atomic E-state index is -0.533. The molecule has 2 amide bonds. The van der Waals surface area contributed by atoms with Crippen molar-refractivity contribution in [1.29, 1.82) is 0 Å². The Hall–Kier alpha value is -3.81. The predicted octanol–water partition coefficient (Wildman–Crippen LogP) is 6.74. The van der Waals surface area contributed by atoms with Crippen LogP contribution in [0.1, 0.15) is 42.5 Å². The number of aryl methyl sites for hydroxylation is 1. The van der Waals surface area contributed by atoms with E-state index in [4.69, 9.17) is 32.7 Å². The molecule has 204 valence electrons. The van der Waals surface area contributed by atoms with Crippen LogP contribution in [0.15, 0.2) is 72.4 Å². The molecule has 0 aliphatic heterocycles. The first kappa shape index (κ1) is 29.7. The van der Waals surface area contributed by atoms with Gasteiger partial charge in [-0.1, -0.05) is 60.5 Å². The average molecular weight is 569 g/mol. The number of nitrogens with zero attached hydrogens (tertiary/aromatic N) is 1. The SMILES string of the molecule is C=CCc1cc(C=NNC(=O)CC(=O)Nc2ccccc2CC)cc(OCC)c1OCc1ccc(Cl)cc1Cl. The zero-order valence-corrected chi connectivity index (χ0v) is 23.4. The summed E-state index contributed by atoms with van der Waals surface area (Å²) >= 11 is 12.3. The Kier molecular flexibility index (Phi) is 11.4. The van der Waals surface area contributed by atoms with Crippen LogP contribution in [-0.4, -0.2) is 24.6 Å². The topological polar surface area (TPSA) is 89.0 Å². The second kappa shape index (κ2) is 15.0. The molecule has 7 nitrogen and oxygen atoms in total. The van der Waals surface area contributed by atoms with Crippen molar-refractivity contribution in [2.45, 2.75) is 39.7 Å². The third-order valence-corrected chi connectivity index (χ3v) is 6.19. The van der Waals surface area contributed by atoms with Gasteiger partial charge in [-0.2, -0.15) is 5.10 Å². The lowest BCUT2D eigenvalue weighted by Gasteiger charge is -2.17. The van der Waals surface area contributed by atoms with Crippen molar-refractivity contribution in [3.8, 4) is 11.5 Å². The molecule has 0 bridgehead atoms. The first-order valence-corrected chi connectivity index (χ1v) is 13.3. The maximum atomic E-state index is 12.3. The van der Waals surface area contributed by atoms with Crippen LogP contribution in [0, 0.1) is 0 Å². The third-order valence-electron chi connectivity index (χ3n) is 5.60. The fourth-order valence-corrected chi connectivity index (χ4v) is 4.25. The second-order valence-corrected chi connectivity index (χ2v) is 9.33. The van der Waals surface area contributed by atoms with Crippen LogP contribution >= 0.6 is 23.2 Å². The summed E-state index contributed by atoms with van der Waals surface area (Å²) in [6.45, 7) is 8.34. The van der Waals surface area contributed by atoms with Crippen LogP contribution in [-0.2, 0) is 29.0 Å². The van der Waals surface area contributed by atoms with Crippen molar-refractivity contribution < 1.29 is 19.1 Å².